The van der Waals surface area contributed by atoms with Crippen molar-refractivity contribution in [2.24, 2.45) is 0 Å². The first-order chi connectivity index (χ1) is 13.3. The molecule has 144 valence electrons. The number of ether oxygens (including phenoxy) is 1. The Morgan fingerprint density at radius 2 is 2.00 bits per heavy atom. The standard InChI is InChI=1S/C21H18BrNO2S3/c1-4-25-14-8-9-16-15(11-14)17-18(27-28-20(17)26)21(2,3)23(16)19(24)12-6-5-7-13(22)10-12/h5-11H,4H2,1-3H3. The van der Waals surface area contributed by atoms with Gasteiger partial charge in [0.05, 0.1) is 22.7 Å². The zero-order chi connectivity index (χ0) is 20.1. The number of fused-ring (bicyclic) bond motifs is 3. The number of carbonyl (C=O) groups is 1. The average molecular weight is 492 g/mol. The van der Waals surface area contributed by atoms with Gasteiger partial charge in [0.25, 0.3) is 5.91 Å². The van der Waals surface area contributed by atoms with Crippen molar-refractivity contribution in [2.75, 3.05) is 11.5 Å². The Labute approximate surface area is 185 Å². The van der Waals surface area contributed by atoms with E-state index in [1.165, 1.54) is 0 Å². The number of nitrogens with zero attached hydrogens (tertiary/aromatic N) is 1. The maximum absolute atomic E-state index is 13.6. The summed E-state index contributed by atoms with van der Waals surface area (Å²) in [5.41, 5.74) is 3.02. The second-order valence-electron chi connectivity index (χ2n) is 6.98. The van der Waals surface area contributed by atoms with E-state index in [1.54, 1.807) is 20.7 Å². The fraction of sp³-hybridized carbons (Fsp3) is 0.238. The molecule has 0 saturated carbocycles. The lowest BCUT2D eigenvalue weighted by Gasteiger charge is -2.43. The van der Waals surface area contributed by atoms with Crippen LogP contribution in [0.4, 0.5) is 5.69 Å². The third kappa shape index (κ3) is 3.14. The van der Waals surface area contributed by atoms with Gasteiger partial charge in [-0.1, -0.05) is 54.9 Å². The molecule has 2 aromatic carbocycles. The Kier molecular flexibility index (Phi) is 5.20. The van der Waals surface area contributed by atoms with Crippen LogP contribution in [-0.4, -0.2) is 12.5 Å². The summed E-state index contributed by atoms with van der Waals surface area (Å²) in [6.45, 7) is 6.71. The van der Waals surface area contributed by atoms with Gasteiger partial charge in [-0.05, 0) is 57.2 Å². The lowest BCUT2D eigenvalue weighted by atomic mass is 9.86. The molecule has 0 spiro atoms. The van der Waals surface area contributed by atoms with Crippen molar-refractivity contribution >= 4 is 60.4 Å². The molecule has 0 aliphatic carbocycles. The molecule has 28 heavy (non-hydrogen) atoms. The van der Waals surface area contributed by atoms with Gasteiger partial charge in [-0.15, -0.1) is 0 Å². The summed E-state index contributed by atoms with van der Waals surface area (Å²) in [6, 6.07) is 13.4. The lowest BCUT2D eigenvalue weighted by molar-refractivity contribution is 0.0961. The van der Waals surface area contributed by atoms with E-state index in [0.29, 0.717) is 12.2 Å². The first-order valence-electron chi connectivity index (χ1n) is 8.85. The first-order valence-corrected chi connectivity index (χ1v) is 12.2. The van der Waals surface area contributed by atoms with Gasteiger partial charge in [0.2, 0.25) is 0 Å². The maximum Gasteiger partial charge on any atom is 0.259 e. The molecule has 0 unspecified atom stereocenters. The van der Waals surface area contributed by atoms with Crippen molar-refractivity contribution in [3.8, 4) is 16.9 Å². The Balaban J connectivity index is 1.95. The largest absolute Gasteiger partial charge is 0.494 e. The van der Waals surface area contributed by atoms with Gasteiger partial charge in [-0.2, -0.15) is 0 Å². The van der Waals surface area contributed by atoms with Gasteiger partial charge >= 0.3 is 0 Å². The van der Waals surface area contributed by atoms with Gasteiger partial charge in [0.1, 0.15) is 9.57 Å². The second-order valence-corrected chi connectivity index (χ2v) is 10.7. The van der Waals surface area contributed by atoms with Crippen molar-refractivity contribution < 1.29 is 9.53 Å². The molecular weight excluding hydrogens is 474 g/mol. The van der Waals surface area contributed by atoms with Gasteiger partial charge in [0.15, 0.2) is 0 Å². The molecule has 3 nitrogen and oxygen atoms in total. The number of benzene rings is 2. The molecule has 1 aliphatic rings. The highest BCUT2D eigenvalue weighted by Crippen LogP contribution is 2.53. The van der Waals surface area contributed by atoms with E-state index < -0.39 is 5.54 Å². The molecule has 1 aromatic heterocycles. The van der Waals surface area contributed by atoms with Crippen LogP contribution in [0.5, 0.6) is 5.75 Å². The van der Waals surface area contributed by atoms with Crippen LogP contribution in [0, 0.1) is 3.82 Å². The predicted molar refractivity (Wildman–Crippen MR) is 124 cm³/mol. The molecule has 0 atom stereocenters. The smallest absolute Gasteiger partial charge is 0.259 e. The van der Waals surface area contributed by atoms with Crippen molar-refractivity contribution in [3.05, 3.63) is 61.2 Å². The number of halogens is 1. The third-order valence-electron chi connectivity index (χ3n) is 4.81. The maximum atomic E-state index is 13.6. The highest BCUT2D eigenvalue weighted by Gasteiger charge is 2.43. The molecule has 0 saturated heterocycles. The number of amides is 1. The van der Waals surface area contributed by atoms with E-state index >= 15 is 0 Å². The number of hydrogen-bond acceptors (Lipinski definition) is 5. The van der Waals surface area contributed by atoms with Crippen LogP contribution in [0.2, 0.25) is 0 Å². The molecule has 0 bridgehead atoms. The SMILES string of the molecule is CCOc1ccc2c(c1)-c1c(ssc1=S)C(C)(C)N2C(=O)c1cccc(Br)c1. The lowest BCUT2D eigenvalue weighted by Crippen LogP contribution is -2.47. The van der Waals surface area contributed by atoms with Crippen LogP contribution < -0.4 is 9.64 Å². The molecule has 1 aliphatic heterocycles. The van der Waals surface area contributed by atoms with Crippen molar-refractivity contribution in [1.29, 1.82) is 0 Å². The van der Waals surface area contributed by atoms with Crippen LogP contribution in [0.25, 0.3) is 11.1 Å². The van der Waals surface area contributed by atoms with E-state index in [0.717, 1.165) is 35.7 Å². The molecule has 1 amide bonds. The predicted octanol–water partition coefficient (Wildman–Crippen LogP) is 7.26. The normalized spacial score (nSPS) is 14.4. The summed E-state index contributed by atoms with van der Waals surface area (Å²) < 4.78 is 7.45. The van der Waals surface area contributed by atoms with Crippen LogP contribution in [0.15, 0.2) is 46.9 Å². The van der Waals surface area contributed by atoms with Gasteiger partial charge in [-0.25, -0.2) is 0 Å². The third-order valence-corrected chi connectivity index (χ3v) is 8.63. The number of hydrogen-bond donors (Lipinski definition) is 0. The summed E-state index contributed by atoms with van der Waals surface area (Å²) in [5, 5.41) is 0. The first kappa shape index (κ1) is 19.8. The molecule has 0 N–H and O–H groups in total. The minimum absolute atomic E-state index is 0.0355. The summed E-state index contributed by atoms with van der Waals surface area (Å²) in [6.07, 6.45) is 0. The Bertz CT molecular complexity index is 1130. The van der Waals surface area contributed by atoms with Crippen molar-refractivity contribution in [1.82, 2.24) is 0 Å². The number of carbonyl (C=O) groups excluding carboxylic acids is 1. The fourth-order valence-corrected chi connectivity index (χ4v) is 7.26. The molecule has 0 radical (unpaired) electrons. The summed E-state index contributed by atoms with van der Waals surface area (Å²) in [5.74, 6) is 0.749. The highest BCUT2D eigenvalue weighted by molar-refractivity contribution is 9.10. The molecular formula is C21H18BrNO2S3. The van der Waals surface area contributed by atoms with E-state index in [9.17, 15) is 4.79 Å². The molecule has 2 heterocycles. The quantitative estimate of drug-likeness (QED) is 0.285. The van der Waals surface area contributed by atoms with Crippen LogP contribution >= 0.6 is 48.8 Å². The van der Waals surface area contributed by atoms with E-state index in [1.807, 2.05) is 54.3 Å². The fourth-order valence-electron chi connectivity index (χ4n) is 3.58. The summed E-state index contributed by atoms with van der Waals surface area (Å²) >= 11 is 9.13. The Morgan fingerprint density at radius 1 is 1.21 bits per heavy atom. The summed E-state index contributed by atoms with van der Waals surface area (Å²) in [7, 11) is 3.24. The molecule has 7 heteroatoms. The molecule has 4 rings (SSSR count). The Hall–Kier alpha value is -1.54. The van der Waals surface area contributed by atoms with Crippen LogP contribution in [0.1, 0.15) is 36.0 Å². The van der Waals surface area contributed by atoms with Crippen LogP contribution in [-0.2, 0) is 5.54 Å². The van der Waals surface area contributed by atoms with Gasteiger partial charge < -0.3 is 4.74 Å². The monoisotopic (exact) mass is 491 g/mol. The zero-order valence-electron chi connectivity index (χ0n) is 15.6. The van der Waals surface area contributed by atoms with Crippen LogP contribution in [0.3, 0.4) is 0 Å². The minimum Gasteiger partial charge on any atom is -0.494 e. The molecule has 0 fully saturated rings. The molecule has 3 aromatic rings. The number of rotatable bonds is 3. The Morgan fingerprint density at radius 3 is 2.71 bits per heavy atom. The van der Waals surface area contributed by atoms with E-state index in [-0.39, 0.29) is 5.91 Å². The van der Waals surface area contributed by atoms with Gasteiger partial charge in [-0.3, -0.25) is 9.69 Å². The summed E-state index contributed by atoms with van der Waals surface area (Å²) in [4.78, 5) is 16.6. The average Bonchev–Trinajstić information content (AvgIpc) is 3.05. The number of anilines is 1. The van der Waals surface area contributed by atoms with Crippen molar-refractivity contribution in [3.63, 3.8) is 0 Å². The van der Waals surface area contributed by atoms with Crippen molar-refractivity contribution in [2.45, 2.75) is 26.3 Å². The van der Waals surface area contributed by atoms with Gasteiger partial charge in [0, 0.05) is 21.2 Å². The second kappa shape index (κ2) is 7.37. The minimum atomic E-state index is -0.507. The topological polar surface area (TPSA) is 29.5 Å². The highest BCUT2D eigenvalue weighted by atomic mass is 79.9. The zero-order valence-corrected chi connectivity index (χ0v) is 19.7. The van der Waals surface area contributed by atoms with E-state index in [4.69, 9.17) is 17.0 Å². The van der Waals surface area contributed by atoms with E-state index in [2.05, 4.69) is 29.8 Å².